The summed E-state index contributed by atoms with van der Waals surface area (Å²) in [5, 5.41) is 16.6. The Bertz CT molecular complexity index is 1050. The molecule has 25 heavy (non-hydrogen) atoms. The molecule has 4 aromatic rings. The van der Waals surface area contributed by atoms with Crippen LogP contribution in [-0.2, 0) is 16.1 Å². The van der Waals surface area contributed by atoms with Crippen molar-refractivity contribution in [3.05, 3.63) is 48.0 Å². The fourth-order valence-electron chi connectivity index (χ4n) is 2.69. The lowest BCUT2D eigenvalue weighted by molar-refractivity contribution is -0.141. The molecule has 0 spiro atoms. The Morgan fingerprint density at radius 1 is 1.36 bits per heavy atom. The van der Waals surface area contributed by atoms with Crippen LogP contribution in [-0.4, -0.2) is 42.8 Å². The first-order chi connectivity index (χ1) is 12.2. The summed E-state index contributed by atoms with van der Waals surface area (Å²) in [7, 11) is 1.33. The Morgan fingerprint density at radius 2 is 2.24 bits per heavy atom. The van der Waals surface area contributed by atoms with Gasteiger partial charge in [-0.05, 0) is 12.1 Å². The van der Waals surface area contributed by atoms with Gasteiger partial charge in [0.15, 0.2) is 5.82 Å². The number of aromatic nitrogens is 6. The molecule has 3 heterocycles. The van der Waals surface area contributed by atoms with E-state index in [1.54, 1.807) is 12.4 Å². The maximum absolute atomic E-state index is 11.4. The maximum atomic E-state index is 11.4. The Labute approximate surface area is 147 Å². The highest BCUT2D eigenvalue weighted by Crippen LogP contribution is 2.33. The molecule has 3 aromatic heterocycles. The molecule has 0 saturated carbocycles. The molecule has 0 amide bonds. The van der Waals surface area contributed by atoms with Gasteiger partial charge in [-0.3, -0.25) is 14.5 Å². The van der Waals surface area contributed by atoms with Gasteiger partial charge in [0.1, 0.15) is 6.54 Å². The molecule has 1 aromatic carbocycles. The van der Waals surface area contributed by atoms with Crippen LogP contribution >= 0.6 is 11.6 Å². The largest absolute Gasteiger partial charge is 0.468 e. The summed E-state index contributed by atoms with van der Waals surface area (Å²) >= 11 is 6.17. The van der Waals surface area contributed by atoms with Crippen LogP contribution < -0.4 is 0 Å². The first kappa shape index (κ1) is 15.4. The van der Waals surface area contributed by atoms with Crippen molar-refractivity contribution >= 4 is 28.5 Å². The smallest absolute Gasteiger partial charge is 0.327 e. The lowest BCUT2D eigenvalue weighted by Gasteiger charge is -2.00. The first-order valence-corrected chi connectivity index (χ1v) is 7.80. The fourth-order valence-corrected chi connectivity index (χ4v) is 2.86. The van der Waals surface area contributed by atoms with E-state index >= 15 is 0 Å². The summed E-state index contributed by atoms with van der Waals surface area (Å²) < 4.78 is 7.95. The third-order valence-electron chi connectivity index (χ3n) is 3.87. The number of nitrogens with one attached hydrogen (secondary N) is 1. The van der Waals surface area contributed by atoms with Gasteiger partial charge in [-0.1, -0.05) is 22.9 Å². The molecule has 126 valence electrons. The van der Waals surface area contributed by atoms with Crippen LogP contribution in [0.2, 0.25) is 5.02 Å². The number of ether oxygens (including phenoxy) is 1. The van der Waals surface area contributed by atoms with Gasteiger partial charge in [0.2, 0.25) is 0 Å². The highest BCUT2D eigenvalue weighted by atomic mass is 35.5. The molecule has 0 atom stereocenters. The molecule has 0 aliphatic rings. The highest BCUT2D eigenvalue weighted by Gasteiger charge is 2.15. The number of methoxy groups -OCH3 is 1. The van der Waals surface area contributed by atoms with Crippen molar-refractivity contribution in [3.63, 3.8) is 0 Å². The monoisotopic (exact) mass is 356 g/mol. The molecule has 1 N–H and O–H groups in total. The number of halogens is 1. The molecular weight excluding hydrogens is 344 g/mol. The van der Waals surface area contributed by atoms with Crippen LogP contribution in [0.1, 0.15) is 0 Å². The van der Waals surface area contributed by atoms with E-state index in [1.165, 1.54) is 11.8 Å². The van der Waals surface area contributed by atoms with Crippen molar-refractivity contribution in [1.29, 1.82) is 0 Å². The van der Waals surface area contributed by atoms with E-state index in [0.717, 1.165) is 22.0 Å². The average Bonchev–Trinajstić information content (AvgIpc) is 3.33. The van der Waals surface area contributed by atoms with Crippen molar-refractivity contribution in [2.75, 3.05) is 7.11 Å². The number of H-pyrrole nitrogens is 1. The second-order valence-corrected chi connectivity index (χ2v) is 5.85. The number of nitrogens with zero attached hydrogens (tertiary/aromatic N) is 5. The number of esters is 1. The van der Waals surface area contributed by atoms with E-state index in [0.29, 0.717) is 10.8 Å². The second-order valence-electron chi connectivity index (χ2n) is 5.41. The summed E-state index contributed by atoms with van der Waals surface area (Å²) in [4.78, 5) is 11.4. The Hall–Kier alpha value is -3.13. The number of aromatic amines is 1. The Balaban J connectivity index is 1.84. The van der Waals surface area contributed by atoms with Gasteiger partial charge in [0.05, 0.1) is 25.0 Å². The molecule has 0 unspecified atom stereocenters. The Morgan fingerprint density at radius 3 is 3.00 bits per heavy atom. The van der Waals surface area contributed by atoms with E-state index in [1.807, 2.05) is 35.2 Å². The van der Waals surface area contributed by atoms with Crippen LogP contribution in [0.15, 0.2) is 43.0 Å². The van der Waals surface area contributed by atoms with Crippen molar-refractivity contribution in [3.8, 4) is 16.9 Å². The van der Waals surface area contributed by atoms with E-state index in [-0.39, 0.29) is 6.54 Å². The lowest BCUT2D eigenvalue weighted by atomic mass is 10.1. The standard InChI is InChI=1S/C16H13ClN6O2/c1-25-16(24)9-22-8-15(20-21-22)23-7-13(10-5-18-19-6-10)12-3-2-11(17)4-14(12)23/h2-8H,9H2,1H3,(H,18,19). The molecule has 4 rings (SSSR count). The van der Waals surface area contributed by atoms with Gasteiger partial charge in [-0.15, -0.1) is 5.10 Å². The predicted molar refractivity (Wildman–Crippen MR) is 91.5 cm³/mol. The summed E-state index contributed by atoms with van der Waals surface area (Å²) in [6.45, 7) is -0.00194. The minimum atomic E-state index is -0.393. The number of fused-ring (bicyclic) bond motifs is 1. The SMILES string of the molecule is COC(=O)Cn1cc(-n2cc(-c3cn[nH]c3)c3ccc(Cl)cc32)nn1. The number of hydrogen-bond acceptors (Lipinski definition) is 5. The zero-order valence-corrected chi connectivity index (χ0v) is 13.9. The van der Waals surface area contributed by atoms with Gasteiger partial charge < -0.3 is 4.74 Å². The minimum absolute atomic E-state index is 0.00194. The topological polar surface area (TPSA) is 90.6 Å². The van der Waals surface area contributed by atoms with Gasteiger partial charge in [-0.2, -0.15) is 5.10 Å². The molecule has 0 saturated heterocycles. The van der Waals surface area contributed by atoms with Gasteiger partial charge in [0.25, 0.3) is 0 Å². The summed E-state index contributed by atoms with van der Waals surface area (Å²) in [6.07, 6.45) is 7.19. The normalized spacial score (nSPS) is 11.1. The van der Waals surface area contributed by atoms with Crippen LogP contribution in [0.5, 0.6) is 0 Å². The zero-order valence-electron chi connectivity index (χ0n) is 13.2. The number of benzene rings is 1. The van der Waals surface area contributed by atoms with Crippen molar-refractivity contribution in [2.45, 2.75) is 6.54 Å². The summed E-state index contributed by atoms with van der Waals surface area (Å²) in [6, 6.07) is 5.65. The third kappa shape index (κ3) is 2.76. The highest BCUT2D eigenvalue weighted by molar-refractivity contribution is 6.31. The number of carbonyl (C=O) groups excluding carboxylic acids is 1. The molecular formula is C16H13ClN6O2. The Kier molecular flexibility index (Phi) is 3.73. The minimum Gasteiger partial charge on any atom is -0.468 e. The van der Waals surface area contributed by atoms with Crippen LogP contribution in [0, 0.1) is 0 Å². The number of rotatable bonds is 4. The van der Waals surface area contributed by atoms with E-state index in [9.17, 15) is 4.79 Å². The molecule has 0 aliphatic carbocycles. The van der Waals surface area contributed by atoms with Gasteiger partial charge in [-0.25, -0.2) is 4.68 Å². The molecule has 0 aliphatic heterocycles. The van der Waals surface area contributed by atoms with Crippen molar-refractivity contribution in [2.24, 2.45) is 0 Å². The summed E-state index contributed by atoms with van der Waals surface area (Å²) in [5.41, 5.74) is 2.82. The average molecular weight is 357 g/mol. The van der Waals surface area contributed by atoms with Crippen LogP contribution in [0.3, 0.4) is 0 Å². The molecule has 0 bridgehead atoms. The van der Waals surface area contributed by atoms with Crippen molar-refractivity contribution in [1.82, 2.24) is 29.8 Å². The quantitative estimate of drug-likeness (QED) is 0.567. The zero-order chi connectivity index (χ0) is 17.4. The van der Waals surface area contributed by atoms with Gasteiger partial charge in [0, 0.05) is 33.9 Å². The maximum Gasteiger partial charge on any atom is 0.327 e. The van der Waals surface area contributed by atoms with Crippen molar-refractivity contribution < 1.29 is 9.53 Å². The number of hydrogen-bond donors (Lipinski definition) is 1. The molecule has 9 heteroatoms. The second kappa shape index (κ2) is 6.06. The van der Waals surface area contributed by atoms with Crippen LogP contribution in [0.25, 0.3) is 27.8 Å². The van der Waals surface area contributed by atoms with E-state index in [4.69, 9.17) is 11.6 Å². The van der Waals surface area contributed by atoms with Gasteiger partial charge >= 0.3 is 5.97 Å². The van der Waals surface area contributed by atoms with E-state index in [2.05, 4.69) is 25.2 Å². The molecule has 0 radical (unpaired) electrons. The first-order valence-electron chi connectivity index (χ1n) is 7.43. The number of carbonyl (C=O) groups is 1. The van der Waals surface area contributed by atoms with Crippen LogP contribution in [0.4, 0.5) is 0 Å². The lowest BCUT2D eigenvalue weighted by Crippen LogP contribution is -2.11. The molecule has 8 nitrogen and oxygen atoms in total. The third-order valence-corrected chi connectivity index (χ3v) is 4.10. The summed E-state index contributed by atoms with van der Waals surface area (Å²) in [5.74, 6) is 0.182. The fraction of sp³-hybridized carbons (Fsp3) is 0.125. The predicted octanol–water partition coefficient (Wildman–Crippen LogP) is 2.44. The van der Waals surface area contributed by atoms with E-state index < -0.39 is 5.97 Å². The molecule has 0 fully saturated rings.